The molecule has 0 spiro atoms. The molecule has 5 N–H and O–H groups in total. The number of nitrogens with two attached hydrogens (primary N) is 1. The molecule has 3 rings (SSSR count). The number of rotatable bonds is 9. The topological polar surface area (TPSA) is 162 Å². The van der Waals surface area contributed by atoms with E-state index in [0.717, 1.165) is 6.07 Å². The van der Waals surface area contributed by atoms with Crippen molar-refractivity contribution in [1.29, 1.82) is 0 Å². The number of aromatic nitrogens is 5. The van der Waals surface area contributed by atoms with Crippen molar-refractivity contribution in [3.8, 4) is 5.69 Å². The SMILES string of the molecule is CC[C@H](NC(=O)OC(C)(C)C)[C@@H](C)Nc1nc(Nc2cnc(C)c(-n3nccn3)c2)c(C(N)=O)cc1F. The maximum Gasteiger partial charge on any atom is 0.407 e. The molecule has 0 radical (unpaired) electrons. The molecule has 0 fully saturated rings. The Labute approximate surface area is 214 Å². The van der Waals surface area contributed by atoms with Crippen LogP contribution >= 0.6 is 0 Å². The number of nitrogens with zero attached hydrogens (tertiary/aromatic N) is 5. The van der Waals surface area contributed by atoms with Crippen molar-refractivity contribution < 1.29 is 18.7 Å². The molecule has 0 saturated carbocycles. The number of pyridine rings is 2. The van der Waals surface area contributed by atoms with Gasteiger partial charge in [0, 0.05) is 6.04 Å². The van der Waals surface area contributed by atoms with E-state index in [0.29, 0.717) is 23.5 Å². The summed E-state index contributed by atoms with van der Waals surface area (Å²) >= 11 is 0. The Balaban J connectivity index is 1.87. The van der Waals surface area contributed by atoms with Gasteiger partial charge in [-0.3, -0.25) is 9.78 Å². The normalized spacial score (nSPS) is 12.9. The van der Waals surface area contributed by atoms with Crippen molar-refractivity contribution in [2.24, 2.45) is 5.73 Å². The Morgan fingerprint density at radius 2 is 1.86 bits per heavy atom. The summed E-state index contributed by atoms with van der Waals surface area (Å²) in [7, 11) is 0. The number of ether oxygens (including phenoxy) is 1. The number of carbonyl (C=O) groups excluding carboxylic acids is 2. The van der Waals surface area contributed by atoms with Gasteiger partial charge in [-0.15, -0.1) is 4.80 Å². The molecule has 12 nitrogen and oxygen atoms in total. The van der Waals surface area contributed by atoms with E-state index < -0.39 is 35.5 Å². The molecule has 3 aromatic rings. The lowest BCUT2D eigenvalue weighted by Crippen LogP contribution is -2.47. The van der Waals surface area contributed by atoms with Gasteiger partial charge >= 0.3 is 6.09 Å². The van der Waals surface area contributed by atoms with Crippen LogP contribution in [0.15, 0.2) is 30.7 Å². The Bertz CT molecular complexity index is 1260. The maximum atomic E-state index is 14.9. The number of halogens is 1. The maximum absolute atomic E-state index is 14.9. The largest absolute Gasteiger partial charge is 0.444 e. The van der Waals surface area contributed by atoms with E-state index in [1.165, 1.54) is 23.4 Å². The van der Waals surface area contributed by atoms with Crippen LogP contribution in [0.2, 0.25) is 0 Å². The summed E-state index contributed by atoms with van der Waals surface area (Å²) in [6.07, 6.45) is 4.56. The summed E-state index contributed by atoms with van der Waals surface area (Å²) in [5, 5.41) is 17.0. The summed E-state index contributed by atoms with van der Waals surface area (Å²) in [6.45, 7) is 10.7. The first-order valence-corrected chi connectivity index (χ1v) is 11.7. The number of primary amides is 1. The standard InChI is InChI=1S/C24H32FN9O3/c1-7-18(32-23(36)37-24(4,5)6)13(2)30-22-17(25)11-16(20(26)35)21(33-22)31-15-10-19(14(3)27-12-15)34-28-8-9-29-34/h8-13,18H,7H2,1-6H3,(H2,26,35)(H,32,36)(H2,30,31,33)/t13-,18+/m1/s1. The molecule has 0 bridgehead atoms. The number of alkyl carbamates (subject to hydrolysis) is 1. The van der Waals surface area contributed by atoms with Gasteiger partial charge in [-0.25, -0.2) is 14.2 Å². The molecule has 0 aliphatic carbocycles. The average Bonchev–Trinajstić information content (AvgIpc) is 3.34. The van der Waals surface area contributed by atoms with Crippen LogP contribution in [0, 0.1) is 12.7 Å². The highest BCUT2D eigenvalue weighted by molar-refractivity contribution is 5.98. The van der Waals surface area contributed by atoms with E-state index in [4.69, 9.17) is 10.5 Å². The van der Waals surface area contributed by atoms with Gasteiger partial charge in [-0.2, -0.15) is 10.2 Å². The molecule has 13 heteroatoms. The van der Waals surface area contributed by atoms with Crippen LogP contribution in [0.5, 0.6) is 0 Å². The van der Waals surface area contributed by atoms with Crippen molar-refractivity contribution in [2.45, 2.75) is 65.6 Å². The Morgan fingerprint density at radius 3 is 2.46 bits per heavy atom. The van der Waals surface area contributed by atoms with Crippen molar-refractivity contribution >= 4 is 29.3 Å². The number of carbonyl (C=O) groups is 2. The molecule has 0 aliphatic heterocycles. The van der Waals surface area contributed by atoms with Gasteiger partial charge in [0.05, 0.1) is 41.6 Å². The monoisotopic (exact) mass is 513 g/mol. The minimum atomic E-state index is -0.861. The van der Waals surface area contributed by atoms with Crippen LogP contribution < -0.4 is 21.7 Å². The quantitative estimate of drug-likeness (QED) is 0.336. The van der Waals surface area contributed by atoms with Gasteiger partial charge in [0.1, 0.15) is 17.1 Å². The van der Waals surface area contributed by atoms with E-state index in [1.807, 2.05) is 6.92 Å². The van der Waals surface area contributed by atoms with E-state index in [9.17, 15) is 14.0 Å². The van der Waals surface area contributed by atoms with E-state index in [1.54, 1.807) is 40.7 Å². The third-order valence-corrected chi connectivity index (χ3v) is 5.31. The number of hydrogen-bond donors (Lipinski definition) is 4. The zero-order chi connectivity index (χ0) is 27.3. The minimum Gasteiger partial charge on any atom is -0.444 e. The third kappa shape index (κ3) is 7.12. The molecule has 2 atom stereocenters. The summed E-state index contributed by atoms with van der Waals surface area (Å²) in [6, 6.07) is 1.89. The summed E-state index contributed by atoms with van der Waals surface area (Å²) in [4.78, 5) is 34.3. The fraction of sp³-hybridized carbons (Fsp3) is 0.417. The predicted octanol–water partition coefficient (Wildman–Crippen LogP) is 3.45. The van der Waals surface area contributed by atoms with Crippen LogP contribution in [0.3, 0.4) is 0 Å². The summed E-state index contributed by atoms with van der Waals surface area (Å²) in [5.74, 6) is -1.73. The fourth-order valence-corrected chi connectivity index (χ4v) is 3.50. The summed E-state index contributed by atoms with van der Waals surface area (Å²) in [5.41, 5.74) is 6.41. The second kappa shape index (κ2) is 11.2. The molecule has 198 valence electrons. The summed E-state index contributed by atoms with van der Waals surface area (Å²) < 4.78 is 20.3. The Kier molecular flexibility index (Phi) is 8.25. The fourth-order valence-electron chi connectivity index (χ4n) is 3.50. The van der Waals surface area contributed by atoms with Crippen LogP contribution in [0.25, 0.3) is 5.69 Å². The Morgan fingerprint density at radius 1 is 1.19 bits per heavy atom. The van der Waals surface area contributed by atoms with Crippen LogP contribution in [-0.2, 0) is 4.74 Å². The van der Waals surface area contributed by atoms with Gasteiger partial charge in [-0.1, -0.05) is 6.92 Å². The van der Waals surface area contributed by atoms with Crippen molar-refractivity contribution in [3.63, 3.8) is 0 Å². The average molecular weight is 514 g/mol. The van der Waals surface area contributed by atoms with Gasteiger partial charge in [-0.05, 0) is 53.2 Å². The molecular formula is C24H32FN9O3. The molecule has 0 aliphatic rings. The minimum absolute atomic E-state index is 0.0294. The number of aryl methyl sites for hydroxylation is 1. The number of nitrogens with one attached hydrogen (secondary N) is 3. The Hall–Kier alpha value is -4.29. The third-order valence-electron chi connectivity index (χ3n) is 5.31. The lowest BCUT2D eigenvalue weighted by Gasteiger charge is -2.27. The van der Waals surface area contributed by atoms with Gasteiger partial charge < -0.3 is 26.4 Å². The van der Waals surface area contributed by atoms with Gasteiger partial charge in [0.15, 0.2) is 11.6 Å². The van der Waals surface area contributed by atoms with E-state index >= 15 is 0 Å². The highest BCUT2D eigenvalue weighted by Crippen LogP contribution is 2.26. The second-order valence-electron chi connectivity index (χ2n) is 9.45. The highest BCUT2D eigenvalue weighted by atomic mass is 19.1. The van der Waals surface area contributed by atoms with Crippen LogP contribution in [0.1, 0.15) is 57.1 Å². The molecule has 2 amide bonds. The van der Waals surface area contributed by atoms with Crippen LogP contribution in [0.4, 0.5) is 26.5 Å². The predicted molar refractivity (Wildman–Crippen MR) is 136 cm³/mol. The van der Waals surface area contributed by atoms with Gasteiger partial charge in [0.25, 0.3) is 5.91 Å². The lowest BCUT2D eigenvalue weighted by atomic mass is 10.1. The van der Waals surface area contributed by atoms with E-state index in [2.05, 4.69) is 36.1 Å². The first-order chi connectivity index (χ1) is 17.4. The van der Waals surface area contributed by atoms with Crippen LogP contribution in [-0.4, -0.2) is 54.6 Å². The zero-order valence-electron chi connectivity index (χ0n) is 21.7. The lowest BCUT2D eigenvalue weighted by molar-refractivity contribution is 0.0498. The second-order valence-corrected chi connectivity index (χ2v) is 9.45. The molecule has 3 aromatic heterocycles. The van der Waals surface area contributed by atoms with E-state index in [-0.39, 0.29) is 17.2 Å². The van der Waals surface area contributed by atoms with Gasteiger partial charge in [0.2, 0.25) is 0 Å². The molecule has 3 heterocycles. The molecule has 0 aromatic carbocycles. The number of amides is 2. The molecule has 37 heavy (non-hydrogen) atoms. The first kappa shape index (κ1) is 27.3. The molecule has 0 unspecified atom stereocenters. The molecule has 0 saturated heterocycles. The number of hydrogen-bond acceptors (Lipinski definition) is 9. The van der Waals surface area contributed by atoms with Crippen molar-refractivity contribution in [3.05, 3.63) is 47.8 Å². The van der Waals surface area contributed by atoms with Crippen molar-refractivity contribution in [2.75, 3.05) is 10.6 Å². The zero-order valence-corrected chi connectivity index (χ0v) is 21.7. The van der Waals surface area contributed by atoms with Crippen molar-refractivity contribution in [1.82, 2.24) is 30.3 Å². The first-order valence-electron chi connectivity index (χ1n) is 11.7. The smallest absolute Gasteiger partial charge is 0.407 e. The number of anilines is 3. The highest BCUT2D eigenvalue weighted by Gasteiger charge is 2.24. The molecular weight excluding hydrogens is 481 g/mol.